The Hall–Kier alpha value is -1.45. The molecule has 0 radical (unpaired) electrons. The van der Waals surface area contributed by atoms with Gasteiger partial charge in [0.15, 0.2) is 0 Å². The first kappa shape index (κ1) is 14.0. The summed E-state index contributed by atoms with van der Waals surface area (Å²) in [6.07, 6.45) is 1.70. The van der Waals surface area contributed by atoms with Gasteiger partial charge in [0, 0.05) is 23.8 Å². The molecular weight excluding hydrogens is 260 g/mol. The first-order valence-electron chi connectivity index (χ1n) is 6.45. The highest BCUT2D eigenvalue weighted by Gasteiger charge is 2.09. The van der Waals surface area contributed by atoms with E-state index in [1.165, 1.54) is 0 Å². The summed E-state index contributed by atoms with van der Waals surface area (Å²) in [5.74, 6) is 0.956. The second kappa shape index (κ2) is 6.64. The fraction of sp³-hybridized carbons (Fsp3) is 0.333. The van der Waals surface area contributed by atoms with Gasteiger partial charge in [-0.1, -0.05) is 17.7 Å². The zero-order chi connectivity index (χ0) is 13.7. The molecule has 102 valence electrons. The van der Waals surface area contributed by atoms with Gasteiger partial charge in [-0.05, 0) is 43.8 Å². The van der Waals surface area contributed by atoms with Gasteiger partial charge < -0.3 is 14.6 Å². The van der Waals surface area contributed by atoms with Crippen molar-refractivity contribution in [3.8, 4) is 0 Å². The minimum atomic E-state index is 0.755. The van der Waals surface area contributed by atoms with Crippen molar-refractivity contribution in [1.82, 2.24) is 5.32 Å². The quantitative estimate of drug-likeness (QED) is 0.874. The van der Waals surface area contributed by atoms with Gasteiger partial charge in [0.05, 0.1) is 12.8 Å². The van der Waals surface area contributed by atoms with Crippen molar-refractivity contribution in [3.63, 3.8) is 0 Å². The Morgan fingerprint density at radius 1 is 1.32 bits per heavy atom. The second-order valence-corrected chi connectivity index (χ2v) is 4.81. The maximum absolute atomic E-state index is 6.30. The van der Waals surface area contributed by atoms with E-state index in [2.05, 4.69) is 29.3 Å². The van der Waals surface area contributed by atoms with Crippen LogP contribution < -0.4 is 10.2 Å². The predicted octanol–water partition coefficient (Wildman–Crippen LogP) is 3.68. The van der Waals surface area contributed by atoms with Crippen LogP contribution >= 0.6 is 11.6 Å². The molecule has 0 fully saturated rings. The van der Waals surface area contributed by atoms with E-state index in [-0.39, 0.29) is 0 Å². The Bertz CT molecular complexity index is 511. The second-order valence-electron chi connectivity index (χ2n) is 4.40. The third kappa shape index (κ3) is 3.52. The van der Waals surface area contributed by atoms with Crippen LogP contribution in [0, 0.1) is 0 Å². The summed E-state index contributed by atoms with van der Waals surface area (Å²) >= 11 is 6.30. The van der Waals surface area contributed by atoms with Crippen molar-refractivity contribution in [1.29, 1.82) is 0 Å². The van der Waals surface area contributed by atoms with Crippen LogP contribution in [0.15, 0.2) is 41.0 Å². The highest BCUT2D eigenvalue weighted by Crippen LogP contribution is 2.25. The van der Waals surface area contributed by atoms with Gasteiger partial charge >= 0.3 is 0 Å². The molecule has 1 aromatic carbocycles. The summed E-state index contributed by atoms with van der Waals surface area (Å²) in [4.78, 5) is 2.23. The number of hydrogen-bond acceptors (Lipinski definition) is 3. The summed E-state index contributed by atoms with van der Waals surface area (Å²) in [5, 5.41) is 3.91. The number of hydrogen-bond donors (Lipinski definition) is 1. The van der Waals surface area contributed by atoms with Gasteiger partial charge in [-0.25, -0.2) is 0 Å². The number of furan rings is 1. The molecule has 0 aliphatic heterocycles. The summed E-state index contributed by atoms with van der Waals surface area (Å²) in [6.45, 7) is 4.56. The first-order chi connectivity index (χ1) is 9.24. The summed E-state index contributed by atoms with van der Waals surface area (Å²) in [6, 6.07) is 10.1. The fourth-order valence-corrected chi connectivity index (χ4v) is 2.28. The van der Waals surface area contributed by atoms with Gasteiger partial charge in [-0.2, -0.15) is 0 Å². The third-order valence-corrected chi connectivity index (χ3v) is 3.43. The van der Waals surface area contributed by atoms with Crippen molar-refractivity contribution in [2.24, 2.45) is 0 Å². The molecule has 19 heavy (non-hydrogen) atoms. The zero-order valence-electron chi connectivity index (χ0n) is 11.3. The molecule has 2 rings (SSSR count). The van der Waals surface area contributed by atoms with E-state index in [0.717, 1.165) is 41.7 Å². The number of nitrogens with one attached hydrogen (secondary N) is 1. The molecule has 3 nitrogen and oxygen atoms in total. The predicted molar refractivity (Wildman–Crippen MR) is 79.6 cm³/mol. The number of benzene rings is 1. The van der Waals surface area contributed by atoms with Crippen molar-refractivity contribution < 1.29 is 4.42 Å². The normalized spacial score (nSPS) is 10.7. The minimum absolute atomic E-state index is 0.755. The Labute approximate surface area is 119 Å². The van der Waals surface area contributed by atoms with Gasteiger partial charge in [-0.3, -0.25) is 0 Å². The van der Waals surface area contributed by atoms with Crippen molar-refractivity contribution >= 4 is 17.3 Å². The maximum Gasteiger partial charge on any atom is 0.123 e. The Morgan fingerprint density at radius 3 is 2.74 bits per heavy atom. The molecule has 0 aliphatic carbocycles. The molecule has 4 heteroatoms. The SMILES string of the molecule is CCN(Cc1ccco1)c1ccc(CNC)c(Cl)c1. The van der Waals surface area contributed by atoms with Crippen molar-refractivity contribution in [2.45, 2.75) is 20.0 Å². The van der Waals surface area contributed by atoms with E-state index in [0.29, 0.717) is 0 Å². The minimum Gasteiger partial charge on any atom is -0.467 e. The molecular formula is C15H19ClN2O. The topological polar surface area (TPSA) is 28.4 Å². The molecule has 1 N–H and O–H groups in total. The van der Waals surface area contributed by atoms with Crippen molar-refractivity contribution in [3.05, 3.63) is 52.9 Å². The average molecular weight is 279 g/mol. The highest BCUT2D eigenvalue weighted by atomic mass is 35.5. The lowest BCUT2D eigenvalue weighted by Gasteiger charge is -2.22. The smallest absolute Gasteiger partial charge is 0.123 e. The summed E-state index contributed by atoms with van der Waals surface area (Å²) in [5.41, 5.74) is 2.23. The van der Waals surface area contributed by atoms with E-state index < -0.39 is 0 Å². The lowest BCUT2D eigenvalue weighted by Crippen LogP contribution is -2.21. The van der Waals surface area contributed by atoms with Crippen molar-refractivity contribution in [2.75, 3.05) is 18.5 Å². The van der Waals surface area contributed by atoms with Gasteiger partial charge in [0.25, 0.3) is 0 Å². The molecule has 2 aromatic rings. The van der Waals surface area contributed by atoms with E-state index in [1.54, 1.807) is 6.26 Å². The van der Waals surface area contributed by atoms with Crippen LogP contribution in [0.1, 0.15) is 18.2 Å². The van der Waals surface area contributed by atoms with Gasteiger partial charge in [0.1, 0.15) is 5.76 Å². The van der Waals surface area contributed by atoms with Crippen LogP contribution in [-0.4, -0.2) is 13.6 Å². The Morgan fingerprint density at radius 2 is 2.16 bits per heavy atom. The number of nitrogens with zero attached hydrogens (tertiary/aromatic N) is 1. The monoisotopic (exact) mass is 278 g/mol. The lowest BCUT2D eigenvalue weighted by molar-refractivity contribution is 0.503. The van der Waals surface area contributed by atoms with E-state index in [9.17, 15) is 0 Å². The number of rotatable bonds is 6. The molecule has 0 bridgehead atoms. The molecule has 1 heterocycles. The number of anilines is 1. The highest BCUT2D eigenvalue weighted by molar-refractivity contribution is 6.31. The van der Waals surface area contributed by atoms with Gasteiger partial charge in [-0.15, -0.1) is 0 Å². The zero-order valence-corrected chi connectivity index (χ0v) is 12.1. The first-order valence-corrected chi connectivity index (χ1v) is 6.82. The molecule has 1 aromatic heterocycles. The lowest BCUT2D eigenvalue weighted by atomic mass is 10.2. The van der Waals surface area contributed by atoms with Crippen LogP contribution in [0.4, 0.5) is 5.69 Å². The average Bonchev–Trinajstić information content (AvgIpc) is 2.91. The van der Waals surface area contributed by atoms with E-state index in [1.807, 2.05) is 25.2 Å². The Balaban J connectivity index is 2.16. The standard InChI is InChI=1S/C15H19ClN2O/c1-3-18(11-14-5-4-8-19-14)13-7-6-12(10-17-2)15(16)9-13/h4-9,17H,3,10-11H2,1-2H3. The molecule has 0 saturated heterocycles. The fourth-order valence-electron chi connectivity index (χ4n) is 2.04. The number of halogens is 1. The molecule has 0 unspecified atom stereocenters. The van der Waals surface area contributed by atoms with Crippen LogP contribution in [-0.2, 0) is 13.1 Å². The van der Waals surface area contributed by atoms with Gasteiger partial charge in [0.2, 0.25) is 0 Å². The van der Waals surface area contributed by atoms with E-state index >= 15 is 0 Å². The van der Waals surface area contributed by atoms with E-state index in [4.69, 9.17) is 16.0 Å². The molecule has 0 amide bonds. The molecule has 0 atom stereocenters. The molecule has 0 aliphatic rings. The Kier molecular flexibility index (Phi) is 4.88. The third-order valence-electron chi connectivity index (χ3n) is 3.08. The molecule has 0 saturated carbocycles. The van der Waals surface area contributed by atoms with Crippen LogP contribution in [0.3, 0.4) is 0 Å². The van der Waals surface area contributed by atoms with Crippen LogP contribution in [0.5, 0.6) is 0 Å². The van der Waals surface area contributed by atoms with Crippen LogP contribution in [0.2, 0.25) is 5.02 Å². The summed E-state index contributed by atoms with van der Waals surface area (Å²) < 4.78 is 5.40. The summed E-state index contributed by atoms with van der Waals surface area (Å²) in [7, 11) is 1.92. The van der Waals surface area contributed by atoms with Crippen LogP contribution in [0.25, 0.3) is 0 Å². The maximum atomic E-state index is 6.30. The largest absolute Gasteiger partial charge is 0.467 e. The molecule has 0 spiro atoms.